The summed E-state index contributed by atoms with van der Waals surface area (Å²) in [4.78, 5) is 23.9. The molecule has 132 valence electrons. The summed E-state index contributed by atoms with van der Waals surface area (Å²) < 4.78 is 10.6. The van der Waals surface area contributed by atoms with Gasteiger partial charge in [-0.1, -0.05) is 20.8 Å². The average molecular weight is 341 g/mol. The standard InChI is InChI=1S/C19H23N3O3/c1-19(2,3)18-20-9-12-10-22(11-15(12)21-18)17(23)14-8-13(24-4)6-7-16(14)25-5/h6-9H,10-11H2,1-5H3. The van der Waals surface area contributed by atoms with Crippen molar-refractivity contribution in [2.75, 3.05) is 14.2 Å². The van der Waals surface area contributed by atoms with Crippen molar-refractivity contribution in [2.45, 2.75) is 39.3 Å². The molecule has 6 nitrogen and oxygen atoms in total. The zero-order valence-corrected chi connectivity index (χ0v) is 15.3. The molecular weight excluding hydrogens is 318 g/mol. The van der Waals surface area contributed by atoms with Gasteiger partial charge in [0.15, 0.2) is 0 Å². The number of fused-ring (bicyclic) bond motifs is 1. The van der Waals surface area contributed by atoms with Gasteiger partial charge in [0.05, 0.1) is 32.0 Å². The Hall–Kier alpha value is -2.63. The fourth-order valence-corrected chi connectivity index (χ4v) is 2.81. The summed E-state index contributed by atoms with van der Waals surface area (Å²) in [6, 6.07) is 5.22. The maximum atomic E-state index is 13.0. The van der Waals surface area contributed by atoms with Gasteiger partial charge in [0, 0.05) is 23.7 Å². The molecule has 25 heavy (non-hydrogen) atoms. The van der Waals surface area contributed by atoms with Gasteiger partial charge in [-0.25, -0.2) is 9.97 Å². The van der Waals surface area contributed by atoms with E-state index in [1.807, 2.05) is 6.20 Å². The van der Waals surface area contributed by atoms with Gasteiger partial charge in [-0.15, -0.1) is 0 Å². The Labute approximate surface area is 147 Å². The van der Waals surface area contributed by atoms with Crippen molar-refractivity contribution in [1.29, 1.82) is 0 Å². The number of carbonyl (C=O) groups excluding carboxylic acids is 1. The summed E-state index contributed by atoms with van der Waals surface area (Å²) in [6.07, 6.45) is 1.83. The van der Waals surface area contributed by atoms with Gasteiger partial charge in [-0.05, 0) is 18.2 Å². The second-order valence-electron chi connectivity index (χ2n) is 7.14. The quantitative estimate of drug-likeness (QED) is 0.859. The minimum absolute atomic E-state index is 0.106. The number of nitrogens with zero attached hydrogens (tertiary/aromatic N) is 3. The van der Waals surface area contributed by atoms with Crippen molar-refractivity contribution in [2.24, 2.45) is 0 Å². The van der Waals surface area contributed by atoms with Crippen LogP contribution in [0, 0.1) is 0 Å². The topological polar surface area (TPSA) is 64.6 Å². The molecule has 0 atom stereocenters. The Morgan fingerprint density at radius 2 is 1.92 bits per heavy atom. The predicted octanol–water partition coefficient (Wildman–Crippen LogP) is 2.95. The van der Waals surface area contributed by atoms with E-state index < -0.39 is 0 Å². The van der Waals surface area contributed by atoms with E-state index in [2.05, 4.69) is 30.7 Å². The van der Waals surface area contributed by atoms with Crippen LogP contribution in [0.3, 0.4) is 0 Å². The molecule has 6 heteroatoms. The molecule has 0 aliphatic carbocycles. The van der Waals surface area contributed by atoms with Crippen LogP contribution in [0.4, 0.5) is 0 Å². The lowest BCUT2D eigenvalue weighted by Gasteiger charge is -2.18. The van der Waals surface area contributed by atoms with Gasteiger partial charge in [-0.2, -0.15) is 0 Å². The normalized spacial score (nSPS) is 13.6. The summed E-state index contributed by atoms with van der Waals surface area (Å²) in [7, 11) is 3.13. The SMILES string of the molecule is COc1ccc(OC)c(C(=O)N2Cc3cnc(C(C)(C)C)nc3C2)c1. The molecule has 3 rings (SSSR count). The lowest BCUT2D eigenvalue weighted by Crippen LogP contribution is -2.26. The average Bonchev–Trinajstić information content (AvgIpc) is 3.02. The number of carbonyl (C=O) groups is 1. The monoisotopic (exact) mass is 341 g/mol. The van der Waals surface area contributed by atoms with Crippen molar-refractivity contribution < 1.29 is 14.3 Å². The highest BCUT2D eigenvalue weighted by molar-refractivity contribution is 5.97. The molecule has 1 amide bonds. The summed E-state index contributed by atoms with van der Waals surface area (Å²) in [5.41, 5.74) is 2.26. The van der Waals surface area contributed by atoms with Crippen LogP contribution in [0.1, 0.15) is 48.2 Å². The van der Waals surface area contributed by atoms with Gasteiger partial charge < -0.3 is 14.4 Å². The van der Waals surface area contributed by atoms with E-state index >= 15 is 0 Å². The molecule has 0 radical (unpaired) electrons. The molecule has 2 aromatic rings. The Morgan fingerprint density at radius 1 is 1.16 bits per heavy atom. The lowest BCUT2D eigenvalue weighted by atomic mass is 9.95. The molecule has 0 unspecified atom stereocenters. The van der Waals surface area contributed by atoms with Crippen LogP contribution in [0.2, 0.25) is 0 Å². The van der Waals surface area contributed by atoms with E-state index in [-0.39, 0.29) is 11.3 Å². The molecule has 0 N–H and O–H groups in total. The second kappa shape index (κ2) is 6.35. The molecule has 1 aromatic carbocycles. The van der Waals surface area contributed by atoms with Gasteiger partial charge >= 0.3 is 0 Å². The first kappa shape index (κ1) is 17.2. The number of rotatable bonds is 3. The molecule has 2 heterocycles. The smallest absolute Gasteiger partial charge is 0.258 e. The Balaban J connectivity index is 1.88. The fraction of sp³-hybridized carbons (Fsp3) is 0.421. The number of aromatic nitrogens is 2. The number of methoxy groups -OCH3 is 2. The molecule has 0 spiro atoms. The largest absolute Gasteiger partial charge is 0.497 e. The molecule has 1 aromatic heterocycles. The van der Waals surface area contributed by atoms with Crippen LogP contribution < -0.4 is 9.47 Å². The number of hydrogen-bond acceptors (Lipinski definition) is 5. The van der Waals surface area contributed by atoms with E-state index in [4.69, 9.17) is 9.47 Å². The predicted molar refractivity (Wildman–Crippen MR) is 93.9 cm³/mol. The van der Waals surface area contributed by atoms with Crippen molar-refractivity contribution in [1.82, 2.24) is 14.9 Å². The van der Waals surface area contributed by atoms with E-state index in [1.54, 1.807) is 37.3 Å². The lowest BCUT2D eigenvalue weighted by molar-refractivity contribution is 0.0746. The Morgan fingerprint density at radius 3 is 2.56 bits per heavy atom. The first-order valence-electron chi connectivity index (χ1n) is 8.20. The van der Waals surface area contributed by atoms with Crippen molar-refractivity contribution in [3.05, 3.63) is 47.0 Å². The second-order valence-corrected chi connectivity index (χ2v) is 7.14. The van der Waals surface area contributed by atoms with E-state index in [1.165, 1.54) is 0 Å². The molecule has 0 fully saturated rings. The molecule has 0 bridgehead atoms. The molecule has 0 saturated heterocycles. The van der Waals surface area contributed by atoms with Gasteiger partial charge in [0.1, 0.15) is 17.3 Å². The van der Waals surface area contributed by atoms with Crippen molar-refractivity contribution >= 4 is 5.91 Å². The van der Waals surface area contributed by atoms with Gasteiger partial charge in [0.2, 0.25) is 0 Å². The Bertz CT molecular complexity index is 812. The highest BCUT2D eigenvalue weighted by atomic mass is 16.5. The molecule has 1 aliphatic rings. The van der Waals surface area contributed by atoms with Crippen LogP contribution in [-0.2, 0) is 18.5 Å². The minimum Gasteiger partial charge on any atom is -0.497 e. The highest BCUT2D eigenvalue weighted by Crippen LogP contribution is 2.30. The minimum atomic E-state index is -0.123. The van der Waals surface area contributed by atoms with Crippen molar-refractivity contribution in [3.63, 3.8) is 0 Å². The van der Waals surface area contributed by atoms with E-state index in [0.717, 1.165) is 17.1 Å². The number of hydrogen-bond donors (Lipinski definition) is 0. The molecule has 0 saturated carbocycles. The van der Waals surface area contributed by atoms with Crippen LogP contribution in [0.25, 0.3) is 0 Å². The maximum absolute atomic E-state index is 13.0. The first-order valence-corrected chi connectivity index (χ1v) is 8.20. The van der Waals surface area contributed by atoms with E-state index in [9.17, 15) is 4.79 Å². The van der Waals surface area contributed by atoms with Crippen molar-refractivity contribution in [3.8, 4) is 11.5 Å². The number of ether oxygens (including phenoxy) is 2. The summed E-state index contributed by atoms with van der Waals surface area (Å²) in [5, 5.41) is 0. The van der Waals surface area contributed by atoms with Crippen LogP contribution in [0.15, 0.2) is 24.4 Å². The third kappa shape index (κ3) is 3.29. The van der Waals surface area contributed by atoms with E-state index in [0.29, 0.717) is 30.2 Å². The number of amides is 1. The third-order valence-corrected chi connectivity index (χ3v) is 4.25. The summed E-state index contributed by atoms with van der Waals surface area (Å²) in [6.45, 7) is 7.20. The summed E-state index contributed by atoms with van der Waals surface area (Å²) in [5.74, 6) is 1.84. The zero-order chi connectivity index (χ0) is 18.2. The summed E-state index contributed by atoms with van der Waals surface area (Å²) >= 11 is 0. The molecular formula is C19H23N3O3. The van der Waals surface area contributed by atoms with Crippen LogP contribution in [0.5, 0.6) is 11.5 Å². The Kier molecular flexibility index (Phi) is 4.37. The maximum Gasteiger partial charge on any atom is 0.258 e. The highest BCUT2D eigenvalue weighted by Gasteiger charge is 2.29. The number of benzene rings is 1. The van der Waals surface area contributed by atoms with Crippen LogP contribution >= 0.6 is 0 Å². The van der Waals surface area contributed by atoms with Gasteiger partial charge in [-0.3, -0.25) is 4.79 Å². The third-order valence-electron chi connectivity index (χ3n) is 4.25. The first-order chi connectivity index (χ1) is 11.8. The van der Waals surface area contributed by atoms with Crippen LogP contribution in [-0.4, -0.2) is 35.0 Å². The zero-order valence-electron chi connectivity index (χ0n) is 15.3. The fourth-order valence-electron chi connectivity index (χ4n) is 2.81. The molecule has 1 aliphatic heterocycles. The van der Waals surface area contributed by atoms with Gasteiger partial charge in [0.25, 0.3) is 5.91 Å².